The third kappa shape index (κ3) is 4.65. The molecular weight excluding hydrogens is 609 g/mol. The summed E-state index contributed by atoms with van der Waals surface area (Å²) < 4.78 is 2.43. The van der Waals surface area contributed by atoms with E-state index in [4.69, 9.17) is 0 Å². The first kappa shape index (κ1) is 28.6. The van der Waals surface area contributed by atoms with Crippen LogP contribution in [0, 0.1) is 0 Å². The largest absolute Gasteiger partial charge is 0.352 e. The summed E-state index contributed by atoms with van der Waals surface area (Å²) >= 11 is 0. The van der Waals surface area contributed by atoms with E-state index in [0.29, 0.717) is 0 Å². The van der Waals surface area contributed by atoms with Gasteiger partial charge in [0.2, 0.25) is 0 Å². The second-order valence-electron chi connectivity index (χ2n) is 13.1. The van der Waals surface area contributed by atoms with E-state index in [1.807, 2.05) is 0 Å². The van der Waals surface area contributed by atoms with Gasteiger partial charge in [-0.15, -0.1) is 0 Å². The van der Waals surface area contributed by atoms with Crippen LogP contribution in [0.4, 0.5) is 22.7 Å². The zero-order chi connectivity index (χ0) is 33.0. The molecule has 3 heterocycles. The van der Waals surface area contributed by atoms with Gasteiger partial charge in [-0.05, 0) is 88.0 Å². The number of anilines is 4. The molecule has 0 spiro atoms. The summed E-state index contributed by atoms with van der Waals surface area (Å²) in [6.45, 7) is 0. The average molecular weight is 643 g/mol. The molecule has 0 saturated heterocycles. The van der Waals surface area contributed by atoms with Gasteiger partial charge in [-0.3, -0.25) is 5.32 Å². The Bertz CT molecular complexity index is 2570. The normalized spacial score (nSPS) is 16.4. The lowest BCUT2D eigenvalue weighted by Crippen LogP contribution is -2.40. The summed E-state index contributed by atoms with van der Waals surface area (Å²) in [4.78, 5) is 2.37. The topological polar surface area (TPSA) is 32.2 Å². The zero-order valence-corrected chi connectivity index (χ0v) is 27.4. The lowest BCUT2D eigenvalue weighted by Gasteiger charge is -2.36. The minimum atomic E-state index is -0.147. The quantitative estimate of drug-likeness (QED) is 0.200. The van der Waals surface area contributed by atoms with E-state index in [-0.39, 0.29) is 12.3 Å². The molecule has 7 aromatic carbocycles. The van der Waals surface area contributed by atoms with Gasteiger partial charge in [-0.25, -0.2) is 0 Å². The fraction of sp³-hybridized carbons (Fsp3) is 0.0435. The molecule has 2 aliphatic rings. The second kappa shape index (κ2) is 11.7. The Morgan fingerprint density at radius 1 is 0.480 bits per heavy atom. The van der Waals surface area contributed by atoms with Crippen molar-refractivity contribution in [3.63, 3.8) is 0 Å². The van der Waals surface area contributed by atoms with Gasteiger partial charge >= 0.3 is 0 Å². The molecule has 0 amide bonds. The van der Waals surface area contributed by atoms with Gasteiger partial charge in [-0.1, -0.05) is 127 Å². The van der Waals surface area contributed by atoms with E-state index >= 15 is 0 Å². The molecule has 4 nitrogen and oxygen atoms in total. The standard InChI is InChI=1S/C46H34N4/c1-3-14-32(15-4-1)45-38-19-8-10-20-40(38)47-46(48-45)50-43-22-12-9-18-37(43)39-30-34(26-28-44(39)50)33-25-27-42-35(29-33)24-23-31-13-7-11-21-41(31)49(42)36-16-5-2-6-17-36/h1-30,45-48H. The van der Waals surface area contributed by atoms with Crippen LogP contribution in [0.2, 0.25) is 0 Å². The number of para-hydroxylation sites is 4. The van der Waals surface area contributed by atoms with Crippen molar-refractivity contribution in [2.45, 2.75) is 12.3 Å². The summed E-state index contributed by atoms with van der Waals surface area (Å²) in [5.74, 6) is 0. The van der Waals surface area contributed by atoms with E-state index in [2.05, 4.69) is 202 Å². The van der Waals surface area contributed by atoms with E-state index < -0.39 is 0 Å². The molecule has 0 aliphatic carbocycles. The van der Waals surface area contributed by atoms with Gasteiger partial charge in [0.25, 0.3) is 0 Å². The van der Waals surface area contributed by atoms with Crippen LogP contribution in [0.1, 0.15) is 34.6 Å². The Labute approximate surface area is 291 Å². The summed E-state index contributed by atoms with van der Waals surface area (Å²) in [6, 6.07) is 61.3. The fourth-order valence-electron chi connectivity index (χ4n) is 7.91. The predicted octanol–water partition coefficient (Wildman–Crippen LogP) is 11.7. The van der Waals surface area contributed by atoms with E-state index in [1.165, 1.54) is 66.6 Å². The molecule has 0 saturated carbocycles. The van der Waals surface area contributed by atoms with E-state index in [0.717, 1.165) is 11.4 Å². The van der Waals surface area contributed by atoms with Crippen LogP contribution in [0.5, 0.6) is 0 Å². The van der Waals surface area contributed by atoms with Crippen molar-refractivity contribution in [3.8, 4) is 11.1 Å². The molecule has 1 aromatic heterocycles. The molecule has 0 fully saturated rings. The number of nitrogens with one attached hydrogen (secondary N) is 2. The van der Waals surface area contributed by atoms with E-state index in [1.54, 1.807) is 0 Å². The highest BCUT2D eigenvalue weighted by Crippen LogP contribution is 2.44. The first-order valence-corrected chi connectivity index (χ1v) is 17.3. The summed E-state index contributed by atoms with van der Waals surface area (Å²) in [7, 11) is 0. The predicted molar refractivity (Wildman–Crippen MR) is 209 cm³/mol. The van der Waals surface area contributed by atoms with Crippen LogP contribution in [0.25, 0.3) is 45.1 Å². The fourth-order valence-corrected chi connectivity index (χ4v) is 7.91. The number of fused-ring (bicyclic) bond motifs is 6. The first-order valence-electron chi connectivity index (χ1n) is 17.3. The third-order valence-corrected chi connectivity index (χ3v) is 10.2. The Hall–Kier alpha value is -6.36. The van der Waals surface area contributed by atoms with Crippen LogP contribution in [0.3, 0.4) is 0 Å². The van der Waals surface area contributed by atoms with Gasteiger partial charge in [0.05, 0.1) is 28.5 Å². The second-order valence-corrected chi connectivity index (χ2v) is 13.1. The summed E-state index contributed by atoms with van der Waals surface area (Å²) in [6.07, 6.45) is 4.35. The number of hydrogen-bond donors (Lipinski definition) is 2. The maximum absolute atomic E-state index is 3.96. The van der Waals surface area contributed by atoms with Gasteiger partial charge in [0.15, 0.2) is 6.29 Å². The number of aromatic nitrogens is 1. The van der Waals surface area contributed by atoms with Gasteiger partial charge in [-0.2, -0.15) is 0 Å². The molecule has 2 aliphatic heterocycles. The number of nitrogens with zero attached hydrogens (tertiary/aromatic N) is 2. The molecule has 2 atom stereocenters. The SMILES string of the molecule is C1=Cc2cc(-c3ccc4c(c3)c3ccccc3n4C3Nc4ccccc4C(c4ccccc4)N3)ccc2N(c2ccccc2)c2ccccc21. The first-order chi connectivity index (χ1) is 24.8. The highest BCUT2D eigenvalue weighted by atomic mass is 15.3. The van der Waals surface area contributed by atoms with Crippen LogP contribution < -0.4 is 15.5 Å². The van der Waals surface area contributed by atoms with Crippen molar-refractivity contribution in [1.82, 2.24) is 9.88 Å². The lowest BCUT2D eigenvalue weighted by molar-refractivity contribution is 0.417. The molecule has 2 unspecified atom stereocenters. The maximum atomic E-state index is 3.96. The smallest absolute Gasteiger partial charge is 0.160 e. The van der Waals surface area contributed by atoms with Gasteiger partial charge in [0.1, 0.15) is 0 Å². The van der Waals surface area contributed by atoms with Crippen molar-refractivity contribution >= 4 is 56.7 Å². The Kier molecular flexibility index (Phi) is 6.68. The van der Waals surface area contributed by atoms with Crippen molar-refractivity contribution in [2.24, 2.45) is 0 Å². The van der Waals surface area contributed by atoms with Crippen molar-refractivity contribution < 1.29 is 0 Å². The maximum Gasteiger partial charge on any atom is 0.160 e. The van der Waals surface area contributed by atoms with Crippen LogP contribution in [-0.4, -0.2) is 4.57 Å². The summed E-state index contributed by atoms with van der Waals surface area (Å²) in [5, 5.41) is 10.3. The van der Waals surface area contributed by atoms with Crippen LogP contribution in [-0.2, 0) is 0 Å². The Morgan fingerprint density at radius 2 is 1.14 bits per heavy atom. The summed E-state index contributed by atoms with van der Waals surface area (Å²) in [5.41, 5.74) is 14.3. The van der Waals surface area contributed by atoms with Crippen LogP contribution >= 0.6 is 0 Å². The number of benzene rings is 7. The van der Waals surface area contributed by atoms with Crippen molar-refractivity contribution in [2.75, 3.05) is 10.2 Å². The molecule has 50 heavy (non-hydrogen) atoms. The van der Waals surface area contributed by atoms with Crippen LogP contribution in [0.15, 0.2) is 170 Å². The highest BCUT2D eigenvalue weighted by Gasteiger charge is 2.29. The molecule has 0 radical (unpaired) electrons. The monoisotopic (exact) mass is 642 g/mol. The Morgan fingerprint density at radius 3 is 2.04 bits per heavy atom. The molecule has 238 valence electrons. The van der Waals surface area contributed by atoms with E-state index in [9.17, 15) is 0 Å². The lowest BCUT2D eigenvalue weighted by atomic mass is 9.95. The molecule has 8 aromatic rings. The molecular formula is C46H34N4. The van der Waals surface area contributed by atoms with Crippen molar-refractivity contribution in [3.05, 3.63) is 192 Å². The number of hydrogen-bond acceptors (Lipinski definition) is 3. The minimum absolute atomic E-state index is 0.0587. The zero-order valence-electron chi connectivity index (χ0n) is 27.4. The molecule has 10 rings (SSSR count). The minimum Gasteiger partial charge on any atom is -0.352 e. The van der Waals surface area contributed by atoms with Crippen molar-refractivity contribution in [1.29, 1.82) is 0 Å². The molecule has 0 bridgehead atoms. The Balaban J connectivity index is 1.09. The van der Waals surface area contributed by atoms with Gasteiger partial charge < -0.3 is 14.8 Å². The molecule has 4 heteroatoms. The third-order valence-electron chi connectivity index (χ3n) is 10.2. The molecule has 2 N–H and O–H groups in total. The highest BCUT2D eigenvalue weighted by molar-refractivity contribution is 6.09. The number of rotatable bonds is 4. The average Bonchev–Trinajstić information content (AvgIpc) is 3.42. The van der Waals surface area contributed by atoms with Gasteiger partial charge in [0, 0.05) is 22.1 Å².